The molecule has 0 aliphatic heterocycles. The van der Waals surface area contributed by atoms with Crippen molar-refractivity contribution in [3.8, 4) is 5.75 Å². The number of likely N-dealkylation sites (N-methyl/N-ethyl adjacent to an activating group) is 2. The van der Waals surface area contributed by atoms with E-state index >= 15 is 0 Å². The van der Waals surface area contributed by atoms with E-state index in [0.29, 0.717) is 6.42 Å². The minimum absolute atomic E-state index is 0. The standard InChI is InChI=1S/C13H20N2O2.ClH/c1-14-7-8-15(2)13(16)10-11-5-4-6-12(9-11)17-3;/h4-6,9,14H,7-8,10H2,1-3H3;1H. The number of methoxy groups -OCH3 is 1. The Morgan fingerprint density at radius 3 is 2.78 bits per heavy atom. The number of rotatable bonds is 6. The lowest BCUT2D eigenvalue weighted by Gasteiger charge is -2.17. The number of carbonyl (C=O) groups excluding carboxylic acids is 1. The molecule has 1 aromatic rings. The molecular weight excluding hydrogens is 252 g/mol. The van der Waals surface area contributed by atoms with Gasteiger partial charge in [-0.2, -0.15) is 0 Å². The fraction of sp³-hybridized carbons (Fsp3) is 0.462. The first kappa shape index (κ1) is 16.7. The summed E-state index contributed by atoms with van der Waals surface area (Å²) in [5.74, 6) is 0.904. The van der Waals surface area contributed by atoms with Gasteiger partial charge >= 0.3 is 0 Å². The molecule has 0 radical (unpaired) electrons. The average Bonchev–Trinajstić information content (AvgIpc) is 2.36. The number of carbonyl (C=O) groups is 1. The highest BCUT2D eigenvalue weighted by molar-refractivity contribution is 5.85. The van der Waals surface area contributed by atoms with Gasteiger partial charge in [0, 0.05) is 20.1 Å². The Bertz CT molecular complexity index is 372. The van der Waals surface area contributed by atoms with E-state index in [1.807, 2.05) is 38.4 Å². The zero-order valence-corrected chi connectivity index (χ0v) is 11.9. The number of benzene rings is 1. The fourth-order valence-electron chi connectivity index (χ4n) is 1.50. The molecule has 4 nitrogen and oxygen atoms in total. The van der Waals surface area contributed by atoms with Crippen LogP contribution in [0.15, 0.2) is 24.3 Å². The van der Waals surface area contributed by atoms with Gasteiger partial charge in [-0.1, -0.05) is 12.1 Å². The van der Waals surface area contributed by atoms with Crippen LogP contribution in [0.25, 0.3) is 0 Å². The number of amides is 1. The van der Waals surface area contributed by atoms with Crippen molar-refractivity contribution in [2.45, 2.75) is 6.42 Å². The summed E-state index contributed by atoms with van der Waals surface area (Å²) in [5, 5.41) is 3.02. The van der Waals surface area contributed by atoms with Crippen LogP contribution in [0.5, 0.6) is 5.75 Å². The number of nitrogens with zero attached hydrogens (tertiary/aromatic N) is 1. The van der Waals surface area contributed by atoms with Gasteiger partial charge in [0.1, 0.15) is 5.75 Å². The maximum absolute atomic E-state index is 11.9. The van der Waals surface area contributed by atoms with E-state index in [0.717, 1.165) is 24.4 Å². The third kappa shape index (κ3) is 5.38. The minimum Gasteiger partial charge on any atom is -0.497 e. The second-order valence-electron chi connectivity index (χ2n) is 3.95. The first-order chi connectivity index (χ1) is 8.17. The minimum atomic E-state index is 0. The Hall–Kier alpha value is -1.26. The summed E-state index contributed by atoms with van der Waals surface area (Å²) in [7, 11) is 5.32. The van der Waals surface area contributed by atoms with Gasteiger partial charge in [-0.3, -0.25) is 4.79 Å². The van der Waals surface area contributed by atoms with Crippen LogP contribution in [-0.4, -0.2) is 45.1 Å². The van der Waals surface area contributed by atoms with Gasteiger partial charge < -0.3 is 15.0 Å². The quantitative estimate of drug-likeness (QED) is 0.850. The molecule has 1 rings (SSSR count). The predicted octanol–water partition coefficient (Wildman–Crippen LogP) is 1.34. The highest BCUT2D eigenvalue weighted by Crippen LogP contribution is 2.13. The van der Waals surface area contributed by atoms with Crippen molar-refractivity contribution in [3.05, 3.63) is 29.8 Å². The summed E-state index contributed by atoms with van der Waals surface area (Å²) in [6.07, 6.45) is 0.414. The summed E-state index contributed by atoms with van der Waals surface area (Å²) in [4.78, 5) is 13.6. The maximum Gasteiger partial charge on any atom is 0.226 e. The molecule has 0 saturated heterocycles. The third-order valence-electron chi connectivity index (χ3n) is 2.61. The molecule has 0 heterocycles. The molecule has 1 N–H and O–H groups in total. The predicted molar refractivity (Wildman–Crippen MR) is 75.5 cm³/mol. The molecule has 0 unspecified atom stereocenters. The van der Waals surface area contributed by atoms with Crippen LogP contribution < -0.4 is 10.1 Å². The Kier molecular flexibility index (Phi) is 8.16. The van der Waals surface area contributed by atoms with Crippen LogP contribution in [0.3, 0.4) is 0 Å². The number of hydrogen-bond acceptors (Lipinski definition) is 3. The van der Waals surface area contributed by atoms with Gasteiger partial charge in [-0.15, -0.1) is 12.4 Å². The number of hydrogen-bond donors (Lipinski definition) is 1. The highest BCUT2D eigenvalue weighted by Gasteiger charge is 2.09. The number of halogens is 1. The van der Waals surface area contributed by atoms with E-state index in [2.05, 4.69) is 5.32 Å². The van der Waals surface area contributed by atoms with Gasteiger partial charge in [-0.25, -0.2) is 0 Å². The smallest absolute Gasteiger partial charge is 0.226 e. The van der Waals surface area contributed by atoms with Crippen molar-refractivity contribution in [2.75, 3.05) is 34.3 Å². The molecule has 0 bridgehead atoms. The second-order valence-corrected chi connectivity index (χ2v) is 3.95. The van der Waals surface area contributed by atoms with Gasteiger partial charge in [0.2, 0.25) is 5.91 Å². The van der Waals surface area contributed by atoms with Crippen molar-refractivity contribution in [3.63, 3.8) is 0 Å². The molecule has 0 saturated carbocycles. The second kappa shape index (κ2) is 8.78. The van der Waals surface area contributed by atoms with E-state index in [4.69, 9.17) is 4.74 Å². The first-order valence-corrected chi connectivity index (χ1v) is 5.69. The highest BCUT2D eigenvalue weighted by atomic mass is 35.5. The van der Waals surface area contributed by atoms with E-state index in [1.165, 1.54) is 0 Å². The molecule has 0 spiro atoms. The Morgan fingerprint density at radius 2 is 2.17 bits per heavy atom. The van der Waals surface area contributed by atoms with E-state index < -0.39 is 0 Å². The van der Waals surface area contributed by atoms with Crippen molar-refractivity contribution < 1.29 is 9.53 Å². The molecule has 0 fully saturated rings. The normalized spacial score (nSPS) is 9.50. The molecule has 0 atom stereocenters. The summed E-state index contributed by atoms with van der Waals surface area (Å²) in [6.45, 7) is 1.53. The van der Waals surface area contributed by atoms with Crippen LogP contribution in [-0.2, 0) is 11.2 Å². The SMILES string of the molecule is CNCCN(C)C(=O)Cc1cccc(OC)c1.Cl. The summed E-state index contributed by atoms with van der Waals surface area (Å²) in [5.41, 5.74) is 0.977. The molecular formula is C13H21ClN2O2. The molecule has 5 heteroatoms. The Morgan fingerprint density at radius 1 is 1.44 bits per heavy atom. The lowest BCUT2D eigenvalue weighted by Crippen LogP contribution is -2.33. The van der Waals surface area contributed by atoms with Crippen LogP contribution in [0.1, 0.15) is 5.56 Å². The molecule has 102 valence electrons. The van der Waals surface area contributed by atoms with Gasteiger partial charge in [0.25, 0.3) is 0 Å². The number of ether oxygens (including phenoxy) is 1. The summed E-state index contributed by atoms with van der Waals surface area (Å²) in [6, 6.07) is 7.60. The third-order valence-corrected chi connectivity index (χ3v) is 2.61. The molecule has 18 heavy (non-hydrogen) atoms. The first-order valence-electron chi connectivity index (χ1n) is 5.69. The van der Waals surface area contributed by atoms with Crippen molar-refractivity contribution in [1.29, 1.82) is 0 Å². The number of nitrogens with one attached hydrogen (secondary N) is 1. The fourth-order valence-corrected chi connectivity index (χ4v) is 1.50. The van der Waals surface area contributed by atoms with E-state index in [1.54, 1.807) is 12.0 Å². The molecule has 0 aliphatic carbocycles. The lowest BCUT2D eigenvalue weighted by atomic mass is 10.1. The zero-order chi connectivity index (χ0) is 12.7. The molecule has 1 amide bonds. The molecule has 0 aliphatic rings. The van der Waals surface area contributed by atoms with Crippen molar-refractivity contribution in [1.82, 2.24) is 10.2 Å². The molecule has 1 aromatic carbocycles. The largest absolute Gasteiger partial charge is 0.497 e. The van der Waals surface area contributed by atoms with E-state index in [-0.39, 0.29) is 18.3 Å². The Balaban J connectivity index is 0.00000289. The van der Waals surface area contributed by atoms with E-state index in [9.17, 15) is 4.79 Å². The van der Waals surface area contributed by atoms with Crippen molar-refractivity contribution in [2.24, 2.45) is 0 Å². The lowest BCUT2D eigenvalue weighted by molar-refractivity contribution is -0.129. The van der Waals surface area contributed by atoms with Gasteiger partial charge in [-0.05, 0) is 24.7 Å². The van der Waals surface area contributed by atoms with Crippen LogP contribution in [0, 0.1) is 0 Å². The summed E-state index contributed by atoms with van der Waals surface area (Å²) >= 11 is 0. The summed E-state index contributed by atoms with van der Waals surface area (Å²) < 4.78 is 5.13. The zero-order valence-electron chi connectivity index (χ0n) is 11.1. The monoisotopic (exact) mass is 272 g/mol. The maximum atomic E-state index is 11.9. The van der Waals surface area contributed by atoms with Gasteiger partial charge in [0.15, 0.2) is 0 Å². The topological polar surface area (TPSA) is 41.6 Å². The van der Waals surface area contributed by atoms with Gasteiger partial charge in [0.05, 0.1) is 13.5 Å². The van der Waals surface area contributed by atoms with Crippen molar-refractivity contribution >= 4 is 18.3 Å². The average molecular weight is 273 g/mol. The van der Waals surface area contributed by atoms with Crippen LogP contribution >= 0.6 is 12.4 Å². The van der Waals surface area contributed by atoms with Crippen LogP contribution in [0.4, 0.5) is 0 Å². The Labute approximate surface area is 115 Å². The molecule has 0 aromatic heterocycles. The van der Waals surface area contributed by atoms with Crippen LogP contribution in [0.2, 0.25) is 0 Å².